The van der Waals surface area contributed by atoms with Gasteiger partial charge in [-0.15, -0.1) is 0 Å². The van der Waals surface area contributed by atoms with Gasteiger partial charge in [-0.05, 0) is 31.1 Å². The van der Waals surface area contributed by atoms with Gasteiger partial charge < -0.3 is 24.1 Å². The number of carbonyl (C=O) groups excluding carboxylic acids is 5. The van der Waals surface area contributed by atoms with E-state index >= 15 is 0 Å². The van der Waals surface area contributed by atoms with Crippen molar-refractivity contribution in [2.75, 3.05) is 26.9 Å². The Hall–Kier alpha value is -3.41. The Morgan fingerprint density at radius 2 is 1.81 bits per heavy atom. The number of carbonyl (C=O) groups is 5. The topological polar surface area (TPSA) is 146 Å². The predicted molar refractivity (Wildman–Crippen MR) is 125 cm³/mol. The van der Waals surface area contributed by atoms with E-state index in [-0.39, 0.29) is 32.0 Å². The van der Waals surface area contributed by atoms with E-state index in [0.717, 1.165) is 31.1 Å². The molecule has 1 aromatic rings. The van der Waals surface area contributed by atoms with E-state index in [1.54, 1.807) is 37.3 Å². The van der Waals surface area contributed by atoms with E-state index in [1.165, 1.54) is 0 Å². The monoisotopic (exact) mass is 505 g/mol. The SMILES string of the molecule is CO[C@H](C(=O)N1C(=O)O[C@H](c2ccccc2)[C@@H]1C)[C@H](OC(C)=O)C(=O)C=CC(=O)CCCOCCO. The molecule has 2 amide bonds. The Kier molecular flexibility index (Phi) is 11.4. The van der Waals surface area contributed by atoms with Gasteiger partial charge in [-0.1, -0.05) is 30.3 Å². The first kappa shape index (κ1) is 28.8. The summed E-state index contributed by atoms with van der Waals surface area (Å²) in [6, 6.07) is 8.10. The van der Waals surface area contributed by atoms with E-state index in [2.05, 4.69) is 0 Å². The number of hydrogen-bond acceptors (Lipinski definition) is 10. The van der Waals surface area contributed by atoms with Crippen molar-refractivity contribution in [2.45, 2.75) is 51.0 Å². The molecule has 2 rings (SSSR count). The predicted octanol–water partition coefficient (Wildman–Crippen LogP) is 1.53. The zero-order valence-electron chi connectivity index (χ0n) is 20.5. The number of cyclic esters (lactones) is 1. The quantitative estimate of drug-likeness (QED) is 0.224. The Morgan fingerprint density at radius 3 is 2.42 bits per heavy atom. The number of hydrogen-bond donors (Lipinski definition) is 1. The molecule has 0 bridgehead atoms. The highest BCUT2D eigenvalue weighted by atomic mass is 16.6. The Morgan fingerprint density at radius 1 is 1.11 bits per heavy atom. The highest BCUT2D eigenvalue weighted by molar-refractivity contribution is 6.05. The molecular weight excluding hydrogens is 474 g/mol. The van der Waals surface area contributed by atoms with E-state index in [1.807, 2.05) is 0 Å². The van der Waals surface area contributed by atoms with Crippen molar-refractivity contribution >= 4 is 29.5 Å². The number of methoxy groups -OCH3 is 1. The van der Waals surface area contributed by atoms with Crippen LogP contribution in [0.5, 0.6) is 0 Å². The molecule has 1 saturated heterocycles. The normalized spacial score (nSPS) is 19.1. The van der Waals surface area contributed by atoms with Crippen LogP contribution in [-0.2, 0) is 38.1 Å². The lowest BCUT2D eigenvalue weighted by molar-refractivity contribution is -0.166. The number of aliphatic hydroxyl groups is 1. The molecule has 1 heterocycles. The van der Waals surface area contributed by atoms with Gasteiger partial charge in [-0.25, -0.2) is 9.69 Å². The standard InChI is InChI=1S/C25H31NO10/c1-16-21(18-8-5-4-6-9-18)36-25(32)26(16)24(31)23(33-3)22(35-17(2)28)20(30)12-11-19(29)10-7-14-34-15-13-27/h4-6,8-9,11-12,16,21-23,27H,7,10,13-15H2,1-3H3/t16-,21-,22+,23-/m0/s1. The largest absolute Gasteiger partial charge is 0.451 e. The Labute approximate surface area is 208 Å². The van der Waals surface area contributed by atoms with Crippen LogP contribution < -0.4 is 0 Å². The highest BCUT2D eigenvalue weighted by Gasteiger charge is 2.48. The van der Waals surface area contributed by atoms with Gasteiger partial charge in [0.2, 0.25) is 0 Å². The van der Waals surface area contributed by atoms with Crippen LogP contribution in [0.4, 0.5) is 4.79 Å². The number of ether oxygens (including phenoxy) is 4. The first-order valence-corrected chi connectivity index (χ1v) is 11.4. The molecule has 0 saturated carbocycles. The number of ketones is 2. The molecule has 4 atom stereocenters. The van der Waals surface area contributed by atoms with Gasteiger partial charge >= 0.3 is 12.1 Å². The van der Waals surface area contributed by atoms with E-state index < -0.39 is 48.1 Å². The lowest BCUT2D eigenvalue weighted by atomic mass is 10.0. The Bertz CT molecular complexity index is 961. The fraction of sp³-hybridized carbons (Fsp3) is 0.480. The van der Waals surface area contributed by atoms with Crippen LogP contribution in [0, 0.1) is 0 Å². The number of allylic oxidation sites excluding steroid dienone is 1. The van der Waals surface area contributed by atoms with Gasteiger partial charge in [0, 0.05) is 27.1 Å². The minimum atomic E-state index is -1.73. The van der Waals surface area contributed by atoms with Gasteiger partial charge in [0.05, 0.1) is 19.3 Å². The molecule has 1 N–H and O–H groups in total. The number of amides is 2. The van der Waals surface area contributed by atoms with Crippen molar-refractivity contribution < 1.29 is 48.0 Å². The molecule has 1 aromatic carbocycles. The van der Waals surface area contributed by atoms with Crippen molar-refractivity contribution in [1.29, 1.82) is 0 Å². The molecule has 1 aliphatic rings. The molecule has 1 aliphatic heterocycles. The minimum absolute atomic E-state index is 0.0814. The maximum Gasteiger partial charge on any atom is 0.417 e. The van der Waals surface area contributed by atoms with E-state index in [9.17, 15) is 24.0 Å². The van der Waals surface area contributed by atoms with Crippen LogP contribution in [0.1, 0.15) is 38.4 Å². The third-order valence-electron chi connectivity index (χ3n) is 5.36. The van der Waals surface area contributed by atoms with Crippen molar-refractivity contribution in [3.8, 4) is 0 Å². The molecule has 11 heteroatoms. The second-order valence-electron chi connectivity index (χ2n) is 7.99. The van der Waals surface area contributed by atoms with Gasteiger partial charge in [0.1, 0.15) is 6.10 Å². The van der Waals surface area contributed by atoms with Crippen molar-refractivity contribution in [1.82, 2.24) is 4.90 Å². The molecule has 0 spiro atoms. The number of benzene rings is 1. The molecule has 196 valence electrons. The molecule has 36 heavy (non-hydrogen) atoms. The van der Waals surface area contributed by atoms with Crippen LogP contribution in [0.15, 0.2) is 42.5 Å². The number of aliphatic hydroxyl groups excluding tert-OH is 1. The van der Waals surface area contributed by atoms with E-state index in [0.29, 0.717) is 12.0 Å². The summed E-state index contributed by atoms with van der Waals surface area (Å²) in [7, 11) is 1.13. The van der Waals surface area contributed by atoms with Crippen molar-refractivity contribution in [3.05, 3.63) is 48.0 Å². The number of nitrogens with zero attached hydrogens (tertiary/aromatic N) is 1. The fourth-order valence-electron chi connectivity index (χ4n) is 3.65. The van der Waals surface area contributed by atoms with Gasteiger partial charge in [-0.3, -0.25) is 19.2 Å². The van der Waals surface area contributed by atoms with Crippen LogP contribution in [0.3, 0.4) is 0 Å². The van der Waals surface area contributed by atoms with Crippen LogP contribution in [-0.4, -0.2) is 84.7 Å². The number of imide groups is 1. The molecule has 0 aliphatic carbocycles. The number of rotatable bonds is 14. The Balaban J connectivity index is 2.14. The lowest BCUT2D eigenvalue weighted by Gasteiger charge is -2.27. The van der Waals surface area contributed by atoms with Gasteiger partial charge in [0.15, 0.2) is 23.8 Å². The second kappa shape index (κ2) is 14.2. The molecule has 11 nitrogen and oxygen atoms in total. The third-order valence-corrected chi connectivity index (χ3v) is 5.36. The lowest BCUT2D eigenvalue weighted by Crippen LogP contribution is -2.52. The highest BCUT2D eigenvalue weighted by Crippen LogP contribution is 2.33. The van der Waals surface area contributed by atoms with Crippen molar-refractivity contribution in [3.63, 3.8) is 0 Å². The first-order chi connectivity index (χ1) is 17.2. The number of esters is 1. The summed E-state index contributed by atoms with van der Waals surface area (Å²) >= 11 is 0. The summed E-state index contributed by atoms with van der Waals surface area (Å²) in [4.78, 5) is 63.3. The van der Waals surface area contributed by atoms with E-state index in [4.69, 9.17) is 24.1 Å². The zero-order chi connectivity index (χ0) is 26.7. The molecule has 0 aromatic heterocycles. The smallest absolute Gasteiger partial charge is 0.417 e. The molecule has 0 unspecified atom stereocenters. The average molecular weight is 506 g/mol. The zero-order valence-corrected chi connectivity index (χ0v) is 20.5. The summed E-state index contributed by atoms with van der Waals surface area (Å²) < 4.78 is 20.7. The molecular formula is C25H31NO10. The third kappa shape index (κ3) is 7.80. The first-order valence-electron chi connectivity index (χ1n) is 11.4. The van der Waals surface area contributed by atoms with Crippen molar-refractivity contribution in [2.24, 2.45) is 0 Å². The van der Waals surface area contributed by atoms with Crippen LogP contribution >= 0.6 is 0 Å². The van der Waals surface area contributed by atoms with Gasteiger partial charge in [-0.2, -0.15) is 0 Å². The maximum absolute atomic E-state index is 13.3. The summed E-state index contributed by atoms with van der Waals surface area (Å²) in [5.41, 5.74) is 0.679. The summed E-state index contributed by atoms with van der Waals surface area (Å²) in [6.07, 6.45) is -2.67. The van der Waals surface area contributed by atoms with Gasteiger partial charge in [0.25, 0.3) is 5.91 Å². The minimum Gasteiger partial charge on any atom is -0.451 e. The van der Waals surface area contributed by atoms with Crippen LogP contribution in [0.2, 0.25) is 0 Å². The summed E-state index contributed by atoms with van der Waals surface area (Å²) in [6.45, 7) is 2.96. The summed E-state index contributed by atoms with van der Waals surface area (Å²) in [5.74, 6) is -3.03. The fourth-order valence-corrected chi connectivity index (χ4v) is 3.65. The van der Waals surface area contributed by atoms with Crippen LogP contribution in [0.25, 0.3) is 0 Å². The maximum atomic E-state index is 13.3. The summed E-state index contributed by atoms with van der Waals surface area (Å²) in [5, 5.41) is 8.66. The molecule has 1 fully saturated rings. The molecule has 0 radical (unpaired) electrons. The second-order valence-corrected chi connectivity index (χ2v) is 7.99. The average Bonchev–Trinajstić information content (AvgIpc) is 3.16.